The molecule has 1 aliphatic heterocycles. The molecule has 0 atom stereocenters. The minimum atomic E-state index is -0.898. The molecular weight excluding hydrogens is 458 g/mol. The summed E-state index contributed by atoms with van der Waals surface area (Å²) in [4.78, 5) is 22.2. The molecule has 0 unspecified atom stereocenters. The van der Waals surface area contributed by atoms with Crippen LogP contribution in [0.4, 0.5) is 5.69 Å². The molecule has 158 valence electrons. The number of non-ortho nitro benzene ring substituents is 1. The van der Waals surface area contributed by atoms with Crippen LogP contribution < -0.4 is 10.2 Å². The van der Waals surface area contributed by atoms with Crippen LogP contribution in [0.1, 0.15) is 24.5 Å². The van der Waals surface area contributed by atoms with E-state index in [-0.39, 0.29) is 24.6 Å². The van der Waals surface area contributed by atoms with Crippen molar-refractivity contribution in [3.63, 3.8) is 0 Å². The lowest BCUT2D eigenvalue weighted by molar-refractivity contribution is -0.384. The molecule has 0 aromatic heterocycles. The molecule has 1 saturated heterocycles. The number of ether oxygens (including phenoxy) is 3. The monoisotopic (exact) mass is 477 g/mol. The first-order chi connectivity index (χ1) is 14.3. The number of halogens is 1. The van der Waals surface area contributed by atoms with E-state index in [9.17, 15) is 14.9 Å². The molecule has 1 fully saturated rings. The molecule has 1 N–H and O–H groups in total. The minimum absolute atomic E-state index is 0.0352. The van der Waals surface area contributed by atoms with Gasteiger partial charge in [-0.3, -0.25) is 14.9 Å². The first-order valence-electron chi connectivity index (χ1n) is 9.10. The average molecular weight is 478 g/mol. The molecule has 3 rings (SSSR count). The summed E-state index contributed by atoms with van der Waals surface area (Å²) >= 11 is 3.44. The molecule has 30 heavy (non-hydrogen) atoms. The van der Waals surface area contributed by atoms with Crippen LogP contribution in [0.2, 0.25) is 0 Å². The Morgan fingerprint density at radius 2 is 2.00 bits per heavy atom. The maximum Gasteiger partial charge on any atom is 0.269 e. The lowest BCUT2D eigenvalue weighted by atomic mass is 10.2. The second-order valence-corrected chi connectivity index (χ2v) is 7.56. The predicted octanol–water partition coefficient (Wildman–Crippen LogP) is 3.54. The lowest BCUT2D eigenvalue weighted by Gasteiger charge is -2.20. The quantitative estimate of drug-likeness (QED) is 0.353. The summed E-state index contributed by atoms with van der Waals surface area (Å²) in [6, 6.07) is 11.5. The maximum absolute atomic E-state index is 11.9. The second kappa shape index (κ2) is 9.79. The smallest absolute Gasteiger partial charge is 0.269 e. The van der Waals surface area contributed by atoms with E-state index in [4.69, 9.17) is 14.2 Å². The van der Waals surface area contributed by atoms with E-state index in [1.165, 1.54) is 18.3 Å². The van der Waals surface area contributed by atoms with Crippen LogP contribution in [0.5, 0.6) is 5.75 Å². The number of nitro benzene ring substituents is 1. The number of carbonyl (C=O) groups is 1. The maximum atomic E-state index is 11.9. The summed E-state index contributed by atoms with van der Waals surface area (Å²) in [6.45, 7) is 2.93. The molecule has 10 heteroatoms. The third kappa shape index (κ3) is 6.09. The number of benzene rings is 2. The molecule has 2 aromatic carbocycles. The Labute approximate surface area is 181 Å². The van der Waals surface area contributed by atoms with Crippen LogP contribution in [-0.2, 0) is 20.9 Å². The van der Waals surface area contributed by atoms with Gasteiger partial charge in [-0.1, -0.05) is 0 Å². The van der Waals surface area contributed by atoms with Gasteiger partial charge in [0.1, 0.15) is 12.4 Å². The van der Waals surface area contributed by atoms with E-state index in [1.807, 2.05) is 0 Å². The first-order valence-corrected chi connectivity index (χ1v) is 9.89. The summed E-state index contributed by atoms with van der Waals surface area (Å²) in [5.74, 6) is -0.596. The van der Waals surface area contributed by atoms with Gasteiger partial charge in [-0.25, -0.2) is 5.43 Å². The number of hydrazone groups is 1. The number of hydrogen-bond acceptors (Lipinski definition) is 7. The fraction of sp³-hybridized carbons (Fsp3) is 0.300. The largest absolute Gasteiger partial charge is 0.488 e. The molecule has 1 aliphatic rings. The van der Waals surface area contributed by atoms with Gasteiger partial charge < -0.3 is 14.2 Å². The number of hydrogen-bond donors (Lipinski definition) is 1. The van der Waals surface area contributed by atoms with Gasteiger partial charge in [-0.15, -0.1) is 0 Å². The van der Waals surface area contributed by atoms with E-state index in [0.717, 1.165) is 11.1 Å². The van der Waals surface area contributed by atoms with Gasteiger partial charge >= 0.3 is 0 Å². The predicted molar refractivity (Wildman–Crippen MR) is 112 cm³/mol. The summed E-state index contributed by atoms with van der Waals surface area (Å²) in [7, 11) is 0. The van der Waals surface area contributed by atoms with Crippen LogP contribution in [-0.4, -0.2) is 36.0 Å². The third-order valence-corrected chi connectivity index (χ3v) is 4.90. The number of nitro groups is 1. The van der Waals surface area contributed by atoms with Crippen molar-refractivity contribution in [2.24, 2.45) is 5.10 Å². The number of amides is 1. The average Bonchev–Trinajstić information content (AvgIpc) is 3.13. The molecular formula is C20H20BrN3O6. The number of carbonyl (C=O) groups excluding carboxylic acids is 1. The topological polar surface area (TPSA) is 112 Å². The van der Waals surface area contributed by atoms with Crippen molar-refractivity contribution in [1.82, 2.24) is 5.43 Å². The van der Waals surface area contributed by atoms with Gasteiger partial charge in [-0.2, -0.15) is 5.10 Å². The van der Waals surface area contributed by atoms with E-state index in [1.54, 1.807) is 37.3 Å². The van der Waals surface area contributed by atoms with E-state index >= 15 is 0 Å². The Hall–Kier alpha value is -2.82. The van der Waals surface area contributed by atoms with Crippen molar-refractivity contribution >= 4 is 33.7 Å². The highest BCUT2D eigenvalue weighted by Crippen LogP contribution is 2.27. The van der Waals surface area contributed by atoms with Gasteiger partial charge in [0.25, 0.3) is 5.69 Å². The van der Waals surface area contributed by atoms with Crippen LogP contribution in [0.3, 0.4) is 0 Å². The van der Waals surface area contributed by atoms with E-state index < -0.39 is 10.7 Å². The van der Waals surface area contributed by atoms with Crippen LogP contribution in [0.15, 0.2) is 52.0 Å². The SMILES string of the molecule is CC1(CC(=O)N/N=C\c2ccc(OCc3ccc([N+](=O)[O-])cc3)c(Br)c2)OCCO1. The fourth-order valence-electron chi connectivity index (χ4n) is 2.76. The lowest BCUT2D eigenvalue weighted by Crippen LogP contribution is -2.33. The molecule has 1 amide bonds. The van der Waals surface area contributed by atoms with Crippen molar-refractivity contribution in [3.05, 3.63) is 68.2 Å². The van der Waals surface area contributed by atoms with Gasteiger partial charge in [0.2, 0.25) is 5.91 Å². The zero-order valence-corrected chi connectivity index (χ0v) is 17.8. The number of nitrogens with zero attached hydrogens (tertiary/aromatic N) is 2. The zero-order valence-electron chi connectivity index (χ0n) is 16.2. The molecule has 0 spiro atoms. The molecule has 0 radical (unpaired) electrons. The highest BCUT2D eigenvalue weighted by atomic mass is 79.9. The second-order valence-electron chi connectivity index (χ2n) is 6.70. The van der Waals surface area contributed by atoms with Crippen molar-refractivity contribution in [3.8, 4) is 5.75 Å². The highest BCUT2D eigenvalue weighted by Gasteiger charge is 2.33. The van der Waals surface area contributed by atoms with Gasteiger partial charge in [0.15, 0.2) is 5.79 Å². The molecule has 0 saturated carbocycles. The van der Waals surface area contributed by atoms with Crippen LogP contribution in [0.25, 0.3) is 0 Å². The molecule has 2 aromatic rings. The standard InChI is InChI=1S/C20H20BrN3O6/c1-20(29-8-9-30-20)11-19(25)23-22-12-15-4-7-18(17(21)10-15)28-13-14-2-5-16(6-3-14)24(26)27/h2-7,10,12H,8-9,11,13H2,1H3,(H,23,25)/b22-12-. The Bertz CT molecular complexity index is 942. The zero-order chi connectivity index (χ0) is 21.6. The van der Waals surface area contributed by atoms with Crippen molar-refractivity contribution < 1.29 is 23.9 Å². The van der Waals surface area contributed by atoms with Crippen LogP contribution >= 0.6 is 15.9 Å². The van der Waals surface area contributed by atoms with Crippen molar-refractivity contribution in [2.75, 3.05) is 13.2 Å². The van der Waals surface area contributed by atoms with Gasteiger partial charge in [0.05, 0.1) is 35.2 Å². The Morgan fingerprint density at radius 3 is 2.63 bits per heavy atom. The Kier molecular flexibility index (Phi) is 7.14. The summed E-state index contributed by atoms with van der Waals surface area (Å²) < 4.78 is 17.2. The van der Waals surface area contributed by atoms with Gasteiger partial charge in [-0.05, 0) is 64.3 Å². The van der Waals surface area contributed by atoms with E-state index in [0.29, 0.717) is 23.4 Å². The third-order valence-electron chi connectivity index (χ3n) is 4.28. The fourth-order valence-corrected chi connectivity index (χ4v) is 3.27. The summed E-state index contributed by atoms with van der Waals surface area (Å²) in [5, 5.41) is 14.6. The normalized spacial score (nSPS) is 15.3. The molecule has 0 bridgehead atoms. The van der Waals surface area contributed by atoms with Crippen molar-refractivity contribution in [1.29, 1.82) is 0 Å². The summed E-state index contributed by atoms with van der Waals surface area (Å²) in [5.41, 5.74) is 4.05. The van der Waals surface area contributed by atoms with Crippen LogP contribution in [0, 0.1) is 10.1 Å². The Morgan fingerprint density at radius 1 is 1.30 bits per heavy atom. The van der Waals surface area contributed by atoms with E-state index in [2.05, 4.69) is 26.5 Å². The Balaban J connectivity index is 1.51. The number of rotatable bonds is 8. The van der Waals surface area contributed by atoms with Crippen molar-refractivity contribution in [2.45, 2.75) is 25.7 Å². The minimum Gasteiger partial charge on any atom is -0.488 e. The first kappa shape index (κ1) is 21.9. The molecule has 0 aliphatic carbocycles. The number of nitrogens with one attached hydrogen (secondary N) is 1. The summed E-state index contributed by atoms with van der Waals surface area (Å²) in [6.07, 6.45) is 1.57. The highest BCUT2D eigenvalue weighted by molar-refractivity contribution is 9.10. The molecule has 1 heterocycles. The molecule has 9 nitrogen and oxygen atoms in total. The van der Waals surface area contributed by atoms with Gasteiger partial charge in [0, 0.05) is 12.1 Å².